The standard InChI is InChI=1S/C21H30N4O4/c1-14(2)18(24-20(27)23-15-7-9-16(28-6)10-8-15)19-22-11-12-25(19)13-17(26)29-21(3,4)5/h7-12,14,18H,13H2,1-6H3,(H2,23,24,27). The molecule has 0 bridgehead atoms. The second-order valence-corrected chi connectivity index (χ2v) is 8.05. The zero-order chi connectivity index (χ0) is 21.6. The van der Waals surface area contributed by atoms with Crippen molar-refractivity contribution in [3.63, 3.8) is 0 Å². The van der Waals surface area contributed by atoms with Crippen molar-refractivity contribution in [2.75, 3.05) is 12.4 Å². The summed E-state index contributed by atoms with van der Waals surface area (Å²) in [6.45, 7) is 9.44. The number of hydrogen-bond donors (Lipinski definition) is 2. The highest BCUT2D eigenvalue weighted by atomic mass is 16.6. The maximum atomic E-state index is 12.5. The Morgan fingerprint density at radius 2 is 1.83 bits per heavy atom. The number of carbonyl (C=O) groups is 2. The summed E-state index contributed by atoms with van der Waals surface area (Å²) < 4.78 is 12.2. The van der Waals surface area contributed by atoms with Gasteiger partial charge < -0.3 is 24.7 Å². The van der Waals surface area contributed by atoms with Crippen molar-refractivity contribution in [1.82, 2.24) is 14.9 Å². The van der Waals surface area contributed by atoms with E-state index in [1.807, 2.05) is 34.6 Å². The van der Waals surface area contributed by atoms with E-state index in [9.17, 15) is 9.59 Å². The Hall–Kier alpha value is -3.03. The van der Waals surface area contributed by atoms with E-state index in [0.29, 0.717) is 17.3 Å². The molecule has 0 fully saturated rings. The van der Waals surface area contributed by atoms with Crippen LogP contribution in [-0.4, -0.2) is 34.3 Å². The molecule has 8 nitrogen and oxygen atoms in total. The lowest BCUT2D eigenvalue weighted by Gasteiger charge is -2.24. The number of methoxy groups -OCH3 is 1. The van der Waals surface area contributed by atoms with Gasteiger partial charge in [0.15, 0.2) is 0 Å². The molecule has 0 spiro atoms. The zero-order valence-electron chi connectivity index (χ0n) is 17.9. The molecule has 0 saturated heterocycles. The summed E-state index contributed by atoms with van der Waals surface area (Å²) in [5.41, 5.74) is 0.0779. The van der Waals surface area contributed by atoms with Gasteiger partial charge in [-0.25, -0.2) is 9.78 Å². The minimum absolute atomic E-state index is 0.0254. The zero-order valence-corrected chi connectivity index (χ0v) is 17.9. The van der Waals surface area contributed by atoms with Crippen LogP contribution in [0.5, 0.6) is 5.75 Å². The lowest BCUT2D eigenvalue weighted by Crippen LogP contribution is -2.37. The van der Waals surface area contributed by atoms with E-state index in [1.165, 1.54) is 0 Å². The van der Waals surface area contributed by atoms with E-state index in [0.717, 1.165) is 0 Å². The van der Waals surface area contributed by atoms with E-state index in [2.05, 4.69) is 15.6 Å². The van der Waals surface area contributed by atoms with Gasteiger partial charge in [-0.15, -0.1) is 0 Å². The number of hydrogen-bond acceptors (Lipinski definition) is 5. The number of nitrogens with one attached hydrogen (secondary N) is 2. The van der Waals surface area contributed by atoms with Crippen LogP contribution in [0.4, 0.5) is 10.5 Å². The fraction of sp³-hybridized carbons (Fsp3) is 0.476. The van der Waals surface area contributed by atoms with Crippen molar-refractivity contribution in [3.05, 3.63) is 42.5 Å². The van der Waals surface area contributed by atoms with Gasteiger partial charge in [-0.1, -0.05) is 13.8 Å². The van der Waals surface area contributed by atoms with Crippen molar-refractivity contribution in [1.29, 1.82) is 0 Å². The molecule has 8 heteroatoms. The minimum atomic E-state index is -0.564. The highest BCUT2D eigenvalue weighted by Gasteiger charge is 2.25. The summed E-state index contributed by atoms with van der Waals surface area (Å²) >= 11 is 0. The topological polar surface area (TPSA) is 94.5 Å². The molecule has 29 heavy (non-hydrogen) atoms. The van der Waals surface area contributed by atoms with Gasteiger partial charge in [-0.3, -0.25) is 4.79 Å². The average Bonchev–Trinajstić information content (AvgIpc) is 3.06. The number of carbonyl (C=O) groups excluding carboxylic acids is 2. The molecule has 1 aromatic carbocycles. The van der Waals surface area contributed by atoms with E-state index < -0.39 is 5.60 Å². The number of rotatable bonds is 7. The van der Waals surface area contributed by atoms with E-state index in [-0.39, 0.29) is 30.5 Å². The second-order valence-electron chi connectivity index (χ2n) is 8.05. The third-order valence-electron chi connectivity index (χ3n) is 4.05. The molecule has 2 amide bonds. The van der Waals surface area contributed by atoms with Gasteiger partial charge in [0, 0.05) is 18.1 Å². The number of anilines is 1. The molecule has 2 N–H and O–H groups in total. The number of amides is 2. The highest BCUT2D eigenvalue weighted by molar-refractivity contribution is 5.89. The molecule has 1 unspecified atom stereocenters. The van der Waals surface area contributed by atoms with Crippen LogP contribution in [0.3, 0.4) is 0 Å². The van der Waals surface area contributed by atoms with Crippen LogP contribution in [0.2, 0.25) is 0 Å². The molecule has 1 atom stereocenters. The molecule has 0 radical (unpaired) electrons. The van der Waals surface area contributed by atoms with Crippen molar-refractivity contribution in [2.24, 2.45) is 5.92 Å². The van der Waals surface area contributed by atoms with Crippen LogP contribution < -0.4 is 15.4 Å². The van der Waals surface area contributed by atoms with E-state index in [1.54, 1.807) is 48.3 Å². The van der Waals surface area contributed by atoms with E-state index in [4.69, 9.17) is 9.47 Å². The SMILES string of the molecule is COc1ccc(NC(=O)NC(c2nccn2CC(=O)OC(C)(C)C)C(C)C)cc1. The Kier molecular flexibility index (Phi) is 7.25. The Balaban J connectivity index is 2.08. The van der Waals surface area contributed by atoms with Crippen LogP contribution in [0.15, 0.2) is 36.7 Å². The summed E-state index contributed by atoms with van der Waals surface area (Å²) in [5, 5.41) is 5.74. The van der Waals surface area contributed by atoms with Gasteiger partial charge in [0.1, 0.15) is 23.7 Å². The number of ether oxygens (including phenoxy) is 2. The first kappa shape index (κ1) is 22.3. The molecule has 1 aromatic heterocycles. The smallest absolute Gasteiger partial charge is 0.326 e. The molecular formula is C21H30N4O4. The van der Waals surface area contributed by atoms with Crippen molar-refractivity contribution in [2.45, 2.75) is 52.8 Å². The predicted molar refractivity (Wildman–Crippen MR) is 111 cm³/mol. The van der Waals surface area contributed by atoms with Gasteiger partial charge in [0.2, 0.25) is 0 Å². The summed E-state index contributed by atoms with van der Waals surface area (Å²) in [6.07, 6.45) is 3.32. The van der Waals surface area contributed by atoms with Crippen molar-refractivity contribution >= 4 is 17.7 Å². The van der Waals surface area contributed by atoms with Gasteiger partial charge >= 0.3 is 12.0 Å². The molecule has 0 aliphatic heterocycles. The van der Waals surface area contributed by atoms with Gasteiger partial charge in [0.05, 0.1) is 13.2 Å². The molecule has 158 valence electrons. The number of urea groups is 1. The highest BCUT2D eigenvalue weighted by Crippen LogP contribution is 2.21. The van der Waals surface area contributed by atoms with E-state index >= 15 is 0 Å². The summed E-state index contributed by atoms with van der Waals surface area (Å²) in [6, 6.07) is 6.30. The fourth-order valence-corrected chi connectivity index (χ4v) is 2.76. The lowest BCUT2D eigenvalue weighted by atomic mass is 10.0. The van der Waals surface area contributed by atoms with Crippen LogP contribution >= 0.6 is 0 Å². The third kappa shape index (κ3) is 6.81. The van der Waals surface area contributed by atoms with Gasteiger partial charge in [-0.2, -0.15) is 0 Å². The Bertz CT molecular complexity index is 822. The second kappa shape index (κ2) is 9.45. The Morgan fingerprint density at radius 1 is 1.17 bits per heavy atom. The molecule has 2 rings (SSSR count). The maximum Gasteiger partial charge on any atom is 0.326 e. The third-order valence-corrected chi connectivity index (χ3v) is 4.05. The van der Waals surface area contributed by atoms with Crippen LogP contribution in [0.25, 0.3) is 0 Å². The molecular weight excluding hydrogens is 372 g/mol. The molecule has 0 aliphatic rings. The summed E-state index contributed by atoms with van der Waals surface area (Å²) in [5.74, 6) is 0.995. The summed E-state index contributed by atoms with van der Waals surface area (Å²) in [7, 11) is 1.59. The van der Waals surface area contributed by atoms with Crippen molar-refractivity contribution in [3.8, 4) is 5.75 Å². The largest absolute Gasteiger partial charge is 0.497 e. The molecule has 1 heterocycles. The number of imidazole rings is 1. The normalized spacial score (nSPS) is 12.4. The number of nitrogens with zero attached hydrogens (tertiary/aromatic N) is 2. The lowest BCUT2D eigenvalue weighted by molar-refractivity contribution is -0.155. The number of esters is 1. The fourth-order valence-electron chi connectivity index (χ4n) is 2.76. The first-order valence-electron chi connectivity index (χ1n) is 9.53. The first-order valence-corrected chi connectivity index (χ1v) is 9.53. The molecule has 0 aliphatic carbocycles. The predicted octanol–water partition coefficient (Wildman–Crippen LogP) is 3.75. The van der Waals surface area contributed by atoms with Gasteiger partial charge in [0.25, 0.3) is 0 Å². The van der Waals surface area contributed by atoms with Crippen LogP contribution in [0.1, 0.15) is 46.5 Å². The van der Waals surface area contributed by atoms with Crippen molar-refractivity contribution < 1.29 is 19.1 Å². The van der Waals surface area contributed by atoms with Crippen LogP contribution in [-0.2, 0) is 16.1 Å². The minimum Gasteiger partial charge on any atom is -0.497 e. The Labute approximate surface area is 171 Å². The number of aromatic nitrogens is 2. The number of benzene rings is 1. The first-order chi connectivity index (χ1) is 13.6. The average molecular weight is 402 g/mol. The quantitative estimate of drug-likeness (QED) is 0.688. The maximum absolute atomic E-state index is 12.5. The van der Waals surface area contributed by atoms with Gasteiger partial charge in [-0.05, 0) is 51.0 Å². The molecule has 2 aromatic rings. The monoisotopic (exact) mass is 402 g/mol. The summed E-state index contributed by atoms with van der Waals surface area (Å²) in [4.78, 5) is 29.1. The van der Waals surface area contributed by atoms with Crippen LogP contribution in [0, 0.1) is 5.92 Å². The Morgan fingerprint density at radius 3 is 2.38 bits per heavy atom. The molecule has 0 saturated carbocycles.